The maximum atomic E-state index is 11.7. The summed E-state index contributed by atoms with van der Waals surface area (Å²) in [6, 6.07) is -0.365. The standard InChI is InChI=1S/C12H20N2O4/c1-12(2,3)18-11(16)14-9-7-5-4-6(17-7)8(9)10(13)15/h6-9H,4-5H2,1-3H3,(H2,13,15)(H,14,16)/t6-,7+,8-,9+/m0/s1. The number of carbonyl (C=O) groups is 2. The molecule has 2 amide bonds. The lowest BCUT2D eigenvalue weighted by molar-refractivity contribution is -0.123. The largest absolute Gasteiger partial charge is 0.444 e. The smallest absolute Gasteiger partial charge is 0.407 e. The van der Waals surface area contributed by atoms with Gasteiger partial charge in [0.1, 0.15) is 5.60 Å². The van der Waals surface area contributed by atoms with Crippen LogP contribution in [0.4, 0.5) is 4.79 Å². The van der Waals surface area contributed by atoms with E-state index in [1.165, 1.54) is 0 Å². The van der Waals surface area contributed by atoms with Crippen molar-refractivity contribution in [2.45, 2.75) is 57.5 Å². The zero-order valence-electron chi connectivity index (χ0n) is 10.9. The second-order valence-corrected chi connectivity index (χ2v) is 5.89. The fourth-order valence-electron chi connectivity index (χ4n) is 2.67. The molecule has 2 fully saturated rings. The Morgan fingerprint density at radius 1 is 1.28 bits per heavy atom. The monoisotopic (exact) mass is 256 g/mol. The van der Waals surface area contributed by atoms with Gasteiger partial charge in [-0.15, -0.1) is 0 Å². The van der Waals surface area contributed by atoms with Gasteiger partial charge in [-0.1, -0.05) is 0 Å². The van der Waals surface area contributed by atoms with E-state index in [0.717, 1.165) is 12.8 Å². The number of rotatable bonds is 2. The van der Waals surface area contributed by atoms with E-state index in [9.17, 15) is 9.59 Å². The van der Waals surface area contributed by atoms with Gasteiger partial charge >= 0.3 is 6.09 Å². The Bertz CT molecular complexity index is 364. The van der Waals surface area contributed by atoms with Crippen LogP contribution in [0.15, 0.2) is 0 Å². The summed E-state index contributed by atoms with van der Waals surface area (Å²) in [5.41, 5.74) is 4.80. The summed E-state index contributed by atoms with van der Waals surface area (Å²) in [4.78, 5) is 23.1. The van der Waals surface area contributed by atoms with Crippen LogP contribution in [-0.4, -0.2) is 35.9 Å². The molecular formula is C12H20N2O4. The first-order valence-electron chi connectivity index (χ1n) is 6.22. The van der Waals surface area contributed by atoms with Crippen molar-refractivity contribution >= 4 is 12.0 Å². The number of nitrogens with two attached hydrogens (primary N) is 1. The predicted octanol–water partition coefficient (Wildman–Crippen LogP) is 0.542. The minimum Gasteiger partial charge on any atom is -0.444 e. The summed E-state index contributed by atoms with van der Waals surface area (Å²) in [5.74, 6) is -0.875. The summed E-state index contributed by atoms with van der Waals surface area (Å²) < 4.78 is 10.8. The SMILES string of the molecule is CC(C)(C)OC(=O)N[C@H]1[C@@H](C(N)=O)[C@@H]2CC[C@H]1O2. The summed E-state index contributed by atoms with van der Waals surface area (Å²) in [6.45, 7) is 5.36. The van der Waals surface area contributed by atoms with Crippen LogP contribution in [0.2, 0.25) is 0 Å². The Kier molecular flexibility index (Phi) is 3.23. The highest BCUT2D eigenvalue weighted by Crippen LogP contribution is 2.39. The zero-order valence-corrected chi connectivity index (χ0v) is 10.9. The van der Waals surface area contributed by atoms with Gasteiger partial charge in [-0.2, -0.15) is 0 Å². The van der Waals surface area contributed by atoms with E-state index >= 15 is 0 Å². The molecule has 3 N–H and O–H groups in total. The average molecular weight is 256 g/mol. The first-order chi connectivity index (χ1) is 8.28. The quantitative estimate of drug-likeness (QED) is 0.754. The number of fused-ring (bicyclic) bond motifs is 2. The Balaban J connectivity index is 2.00. The number of amides is 2. The highest BCUT2D eigenvalue weighted by Gasteiger charge is 2.52. The van der Waals surface area contributed by atoms with Crippen molar-refractivity contribution in [2.75, 3.05) is 0 Å². The van der Waals surface area contributed by atoms with Gasteiger partial charge in [0.25, 0.3) is 0 Å². The molecule has 0 radical (unpaired) electrons. The van der Waals surface area contributed by atoms with Crippen LogP contribution in [0.5, 0.6) is 0 Å². The molecule has 2 rings (SSSR count). The van der Waals surface area contributed by atoms with E-state index in [0.29, 0.717) is 0 Å². The molecule has 0 unspecified atom stereocenters. The minimum atomic E-state index is -0.565. The number of hydrogen-bond acceptors (Lipinski definition) is 4. The molecule has 2 aliphatic heterocycles. The van der Waals surface area contributed by atoms with Gasteiger partial charge in [0.15, 0.2) is 0 Å². The number of carbonyl (C=O) groups excluding carboxylic acids is 2. The normalized spacial score (nSPS) is 34.4. The fraction of sp³-hybridized carbons (Fsp3) is 0.833. The van der Waals surface area contributed by atoms with Crippen LogP contribution >= 0.6 is 0 Å². The summed E-state index contributed by atoms with van der Waals surface area (Å²) >= 11 is 0. The van der Waals surface area contributed by atoms with Crippen LogP contribution in [0, 0.1) is 5.92 Å². The molecule has 2 aliphatic rings. The van der Waals surface area contributed by atoms with Gasteiger partial charge in [0.2, 0.25) is 5.91 Å². The lowest BCUT2D eigenvalue weighted by Crippen LogP contribution is -2.52. The molecule has 2 heterocycles. The molecule has 6 nitrogen and oxygen atoms in total. The maximum Gasteiger partial charge on any atom is 0.407 e. The van der Waals surface area contributed by atoms with Gasteiger partial charge in [0, 0.05) is 0 Å². The third kappa shape index (κ3) is 2.58. The van der Waals surface area contributed by atoms with E-state index < -0.39 is 23.5 Å². The second kappa shape index (κ2) is 4.42. The first kappa shape index (κ1) is 13.1. The zero-order chi connectivity index (χ0) is 13.5. The van der Waals surface area contributed by atoms with E-state index in [4.69, 9.17) is 15.2 Å². The molecule has 18 heavy (non-hydrogen) atoms. The highest BCUT2D eigenvalue weighted by molar-refractivity contribution is 5.80. The molecule has 0 saturated carbocycles. The van der Waals surface area contributed by atoms with E-state index in [1.54, 1.807) is 20.8 Å². The van der Waals surface area contributed by atoms with Crippen molar-refractivity contribution in [3.05, 3.63) is 0 Å². The van der Waals surface area contributed by atoms with Gasteiger partial charge < -0.3 is 20.5 Å². The molecule has 6 heteroatoms. The number of hydrogen-bond donors (Lipinski definition) is 2. The summed E-state index contributed by atoms with van der Waals surface area (Å²) in [6.07, 6.45) is 0.849. The second-order valence-electron chi connectivity index (χ2n) is 5.89. The third-order valence-electron chi connectivity index (χ3n) is 3.29. The van der Waals surface area contributed by atoms with Crippen LogP contribution in [0.3, 0.4) is 0 Å². The molecule has 2 bridgehead atoms. The molecule has 4 atom stereocenters. The van der Waals surface area contributed by atoms with Crippen molar-refractivity contribution < 1.29 is 19.1 Å². The maximum absolute atomic E-state index is 11.7. The van der Waals surface area contributed by atoms with Gasteiger partial charge in [-0.05, 0) is 33.6 Å². The fourth-order valence-corrected chi connectivity index (χ4v) is 2.67. The Morgan fingerprint density at radius 3 is 2.44 bits per heavy atom. The molecule has 2 saturated heterocycles. The van der Waals surface area contributed by atoms with E-state index in [2.05, 4.69) is 5.32 Å². The molecule has 0 aromatic rings. The lowest BCUT2D eigenvalue weighted by atomic mass is 9.84. The van der Waals surface area contributed by atoms with Gasteiger partial charge in [-0.25, -0.2) is 4.79 Å². The van der Waals surface area contributed by atoms with E-state index in [1.807, 2.05) is 0 Å². The minimum absolute atomic E-state index is 0.125. The first-order valence-corrected chi connectivity index (χ1v) is 6.22. The molecule has 0 aromatic carbocycles. The van der Waals surface area contributed by atoms with Crippen molar-refractivity contribution in [3.8, 4) is 0 Å². The lowest BCUT2D eigenvalue weighted by Gasteiger charge is -2.28. The Hall–Kier alpha value is -1.30. The third-order valence-corrected chi connectivity index (χ3v) is 3.29. The van der Waals surface area contributed by atoms with E-state index in [-0.39, 0.29) is 18.2 Å². The van der Waals surface area contributed by atoms with Crippen molar-refractivity contribution in [3.63, 3.8) is 0 Å². The van der Waals surface area contributed by atoms with Crippen molar-refractivity contribution in [1.29, 1.82) is 0 Å². The van der Waals surface area contributed by atoms with Crippen LogP contribution in [0.25, 0.3) is 0 Å². The number of nitrogens with one attached hydrogen (secondary N) is 1. The predicted molar refractivity (Wildman–Crippen MR) is 63.7 cm³/mol. The Morgan fingerprint density at radius 2 is 1.89 bits per heavy atom. The van der Waals surface area contributed by atoms with Gasteiger partial charge in [0.05, 0.1) is 24.2 Å². The number of primary amides is 1. The highest BCUT2D eigenvalue weighted by atomic mass is 16.6. The molecule has 102 valence electrons. The Labute approximate surface area is 106 Å². The summed E-state index contributed by atoms with van der Waals surface area (Å²) in [7, 11) is 0. The van der Waals surface area contributed by atoms with Gasteiger partial charge in [-0.3, -0.25) is 4.79 Å². The van der Waals surface area contributed by atoms with Crippen LogP contribution in [0.1, 0.15) is 33.6 Å². The summed E-state index contributed by atoms with van der Waals surface area (Å²) in [5, 5.41) is 2.71. The average Bonchev–Trinajstić information content (AvgIpc) is 2.73. The van der Waals surface area contributed by atoms with Crippen LogP contribution < -0.4 is 11.1 Å². The number of ether oxygens (including phenoxy) is 2. The number of alkyl carbamates (subject to hydrolysis) is 1. The molecule has 0 aliphatic carbocycles. The molecule has 0 spiro atoms. The van der Waals surface area contributed by atoms with Crippen molar-refractivity contribution in [1.82, 2.24) is 5.32 Å². The molecule has 0 aromatic heterocycles. The topological polar surface area (TPSA) is 90.6 Å². The molecular weight excluding hydrogens is 236 g/mol. The van der Waals surface area contributed by atoms with Crippen LogP contribution in [-0.2, 0) is 14.3 Å². The van der Waals surface area contributed by atoms with Crippen molar-refractivity contribution in [2.24, 2.45) is 11.7 Å².